The second kappa shape index (κ2) is 10.5. The van der Waals surface area contributed by atoms with Gasteiger partial charge in [-0.25, -0.2) is 8.78 Å². The molecule has 0 saturated carbocycles. The second-order valence-electron chi connectivity index (χ2n) is 8.57. The van der Waals surface area contributed by atoms with E-state index in [0.29, 0.717) is 26.2 Å². The molecule has 10 heteroatoms. The van der Waals surface area contributed by atoms with Gasteiger partial charge >= 0.3 is 0 Å². The molecule has 0 aromatic heterocycles. The molecule has 0 spiro atoms. The van der Waals surface area contributed by atoms with Gasteiger partial charge < -0.3 is 24.4 Å². The van der Waals surface area contributed by atoms with E-state index in [1.54, 1.807) is 11.8 Å². The van der Waals surface area contributed by atoms with Gasteiger partial charge in [0.1, 0.15) is 36.2 Å². The Kier molecular flexibility index (Phi) is 8.02. The number of benzene rings is 1. The number of halogens is 2. The number of hydrogen-bond donors (Lipinski definition) is 1. The van der Waals surface area contributed by atoms with Crippen molar-refractivity contribution >= 4 is 11.8 Å². The van der Waals surface area contributed by atoms with Crippen LogP contribution in [0.25, 0.3) is 0 Å². The monoisotopic (exact) mass is 455 g/mol. The molecule has 3 rings (SSSR count). The van der Waals surface area contributed by atoms with Gasteiger partial charge in [-0.1, -0.05) is 0 Å². The van der Waals surface area contributed by atoms with Gasteiger partial charge in [-0.2, -0.15) is 0 Å². The molecule has 178 valence electrons. The van der Waals surface area contributed by atoms with E-state index in [4.69, 9.17) is 9.47 Å². The average Bonchev–Trinajstić information content (AvgIpc) is 2.92. The minimum atomic E-state index is -1.46. The maximum atomic E-state index is 13.5. The smallest absolute Gasteiger partial charge is 0.248 e. The molecule has 0 unspecified atom stereocenters. The summed E-state index contributed by atoms with van der Waals surface area (Å²) in [5, 5.41) is 11.4. The van der Waals surface area contributed by atoms with Gasteiger partial charge in [0.15, 0.2) is 0 Å². The minimum absolute atomic E-state index is 0.00970. The Morgan fingerprint density at radius 2 is 1.72 bits per heavy atom. The third-order valence-electron chi connectivity index (χ3n) is 6.03. The fourth-order valence-corrected chi connectivity index (χ4v) is 4.40. The van der Waals surface area contributed by atoms with Gasteiger partial charge in [0, 0.05) is 71.0 Å². The number of amides is 2. The number of carbonyl (C=O) groups excluding carboxylic acids is 2. The Labute approximate surface area is 186 Å². The van der Waals surface area contributed by atoms with Crippen molar-refractivity contribution in [3.63, 3.8) is 0 Å². The zero-order valence-electron chi connectivity index (χ0n) is 18.6. The van der Waals surface area contributed by atoms with E-state index in [-0.39, 0.29) is 49.9 Å². The number of methoxy groups -OCH3 is 1. The van der Waals surface area contributed by atoms with Gasteiger partial charge in [0.25, 0.3) is 0 Å². The Balaban J connectivity index is 1.73. The van der Waals surface area contributed by atoms with Gasteiger partial charge in [0.05, 0.1) is 6.54 Å². The van der Waals surface area contributed by atoms with Crippen molar-refractivity contribution in [3.05, 3.63) is 29.8 Å². The number of aliphatic hydroxyl groups is 1. The maximum Gasteiger partial charge on any atom is 0.248 e. The first kappa shape index (κ1) is 24.3. The fraction of sp³-hybridized carbons (Fsp3) is 0.636. The highest BCUT2D eigenvalue weighted by atomic mass is 19.1. The molecule has 0 radical (unpaired) electrons. The SMILES string of the molecule is COCC(=O)N1CCN(C2CCN(C(C)=O)CC2)C[C@](O)(COc2cc(F)cc(F)c2)C1. The summed E-state index contributed by atoms with van der Waals surface area (Å²) in [4.78, 5) is 29.6. The quantitative estimate of drug-likeness (QED) is 0.686. The number of ether oxygens (including phenoxy) is 2. The normalized spacial score (nSPS) is 23.2. The van der Waals surface area contributed by atoms with Crippen LogP contribution in [0.2, 0.25) is 0 Å². The molecule has 2 saturated heterocycles. The average molecular weight is 456 g/mol. The molecule has 2 aliphatic heterocycles. The van der Waals surface area contributed by atoms with Gasteiger partial charge in [-0.3, -0.25) is 14.5 Å². The van der Waals surface area contributed by atoms with Gasteiger partial charge in [-0.15, -0.1) is 0 Å². The molecule has 1 aromatic rings. The molecule has 0 aliphatic carbocycles. The van der Waals surface area contributed by atoms with Crippen molar-refractivity contribution in [2.75, 3.05) is 59.6 Å². The molecule has 0 bridgehead atoms. The summed E-state index contributed by atoms with van der Waals surface area (Å²) < 4.78 is 37.5. The first-order valence-corrected chi connectivity index (χ1v) is 10.8. The number of nitrogens with zero attached hydrogens (tertiary/aromatic N) is 3. The van der Waals surface area contributed by atoms with E-state index in [1.807, 2.05) is 0 Å². The summed E-state index contributed by atoms with van der Waals surface area (Å²) in [7, 11) is 1.43. The van der Waals surface area contributed by atoms with Crippen LogP contribution in [0.5, 0.6) is 5.75 Å². The molecule has 1 aromatic carbocycles. The predicted octanol–water partition coefficient (Wildman–Crippen LogP) is 0.876. The summed E-state index contributed by atoms with van der Waals surface area (Å²) in [6, 6.07) is 2.98. The van der Waals surface area contributed by atoms with Crippen LogP contribution in [0.4, 0.5) is 8.78 Å². The van der Waals surface area contributed by atoms with Crippen molar-refractivity contribution in [3.8, 4) is 5.75 Å². The highest BCUT2D eigenvalue weighted by Gasteiger charge is 2.40. The molecular formula is C22H31F2N3O5. The Morgan fingerprint density at radius 1 is 1.06 bits per heavy atom. The minimum Gasteiger partial charge on any atom is -0.490 e. The molecular weight excluding hydrogens is 424 g/mol. The van der Waals surface area contributed by atoms with Crippen LogP contribution in [0, 0.1) is 11.6 Å². The van der Waals surface area contributed by atoms with Crippen molar-refractivity contribution in [1.29, 1.82) is 0 Å². The second-order valence-corrected chi connectivity index (χ2v) is 8.57. The number of β-amino-alcohol motifs (C(OH)–C–C–N with tert-alkyl or cyclic N) is 1. The zero-order chi connectivity index (χ0) is 23.3. The summed E-state index contributed by atoms with van der Waals surface area (Å²) in [6.45, 7) is 3.68. The van der Waals surface area contributed by atoms with Crippen LogP contribution in [-0.4, -0.2) is 103 Å². The van der Waals surface area contributed by atoms with Crippen molar-refractivity contribution in [1.82, 2.24) is 14.7 Å². The standard InChI is InChI=1S/C22H31F2N3O5/c1-16(28)25-5-3-19(4-6-25)26-7-8-27(21(29)12-31-2)14-22(30,13-26)15-32-20-10-17(23)9-18(24)11-20/h9-11,19,30H,3-8,12-15H2,1-2H3/t22-/m1/s1. The first-order chi connectivity index (χ1) is 15.2. The van der Waals surface area contributed by atoms with Crippen molar-refractivity contribution < 1.29 is 33.0 Å². The summed E-state index contributed by atoms with van der Waals surface area (Å²) in [6.07, 6.45) is 1.52. The highest BCUT2D eigenvalue weighted by Crippen LogP contribution is 2.24. The lowest BCUT2D eigenvalue weighted by molar-refractivity contribution is -0.138. The van der Waals surface area contributed by atoms with Crippen molar-refractivity contribution in [2.24, 2.45) is 0 Å². The molecule has 2 heterocycles. The molecule has 1 N–H and O–H groups in total. The van der Waals surface area contributed by atoms with Crippen LogP contribution in [-0.2, 0) is 14.3 Å². The van der Waals surface area contributed by atoms with E-state index in [2.05, 4.69) is 4.90 Å². The summed E-state index contributed by atoms with van der Waals surface area (Å²) in [5.41, 5.74) is -1.46. The fourth-order valence-electron chi connectivity index (χ4n) is 4.40. The lowest BCUT2D eigenvalue weighted by atomic mass is 9.99. The zero-order valence-corrected chi connectivity index (χ0v) is 18.6. The lowest BCUT2D eigenvalue weighted by Crippen LogP contribution is -2.55. The van der Waals surface area contributed by atoms with E-state index in [9.17, 15) is 23.5 Å². The molecule has 32 heavy (non-hydrogen) atoms. The molecule has 2 aliphatic rings. The number of piperidine rings is 1. The lowest BCUT2D eigenvalue weighted by Gasteiger charge is -2.40. The molecule has 2 amide bonds. The van der Waals surface area contributed by atoms with Crippen LogP contribution < -0.4 is 4.74 Å². The number of hydrogen-bond acceptors (Lipinski definition) is 6. The Morgan fingerprint density at radius 3 is 2.31 bits per heavy atom. The largest absolute Gasteiger partial charge is 0.490 e. The molecule has 1 atom stereocenters. The maximum absolute atomic E-state index is 13.5. The Hall–Kier alpha value is -2.30. The highest BCUT2D eigenvalue weighted by molar-refractivity contribution is 5.77. The molecule has 2 fully saturated rings. The van der Waals surface area contributed by atoms with Crippen LogP contribution in [0.15, 0.2) is 18.2 Å². The summed E-state index contributed by atoms with van der Waals surface area (Å²) >= 11 is 0. The van der Waals surface area contributed by atoms with E-state index in [1.165, 1.54) is 12.0 Å². The first-order valence-electron chi connectivity index (χ1n) is 10.8. The van der Waals surface area contributed by atoms with Gasteiger partial charge in [-0.05, 0) is 12.8 Å². The number of carbonyl (C=O) groups is 2. The van der Waals surface area contributed by atoms with E-state index in [0.717, 1.165) is 31.0 Å². The predicted molar refractivity (Wildman–Crippen MR) is 112 cm³/mol. The third-order valence-corrected chi connectivity index (χ3v) is 6.03. The van der Waals surface area contributed by atoms with Crippen LogP contribution >= 0.6 is 0 Å². The van der Waals surface area contributed by atoms with Gasteiger partial charge in [0.2, 0.25) is 11.8 Å². The van der Waals surface area contributed by atoms with Crippen LogP contribution in [0.3, 0.4) is 0 Å². The van der Waals surface area contributed by atoms with Crippen LogP contribution in [0.1, 0.15) is 19.8 Å². The topological polar surface area (TPSA) is 82.6 Å². The summed E-state index contributed by atoms with van der Waals surface area (Å²) in [5.74, 6) is -1.79. The molecule has 8 nitrogen and oxygen atoms in total. The van der Waals surface area contributed by atoms with E-state index >= 15 is 0 Å². The van der Waals surface area contributed by atoms with Crippen molar-refractivity contribution in [2.45, 2.75) is 31.4 Å². The third kappa shape index (κ3) is 6.36. The Bertz CT molecular complexity index is 799. The number of likely N-dealkylation sites (tertiary alicyclic amines) is 1. The number of rotatable bonds is 6. The van der Waals surface area contributed by atoms with E-state index < -0.39 is 17.2 Å².